The van der Waals surface area contributed by atoms with Gasteiger partial charge >= 0.3 is 10.4 Å². The van der Waals surface area contributed by atoms with Gasteiger partial charge in [0.25, 0.3) is 0 Å². The van der Waals surface area contributed by atoms with Gasteiger partial charge in [-0.3, -0.25) is 4.55 Å². The SMILES string of the molecule is C[C@@H]1OC[C@]23CC[C@H]4[C@@H](CC[C@@H]5C[C@H](OS(=O)(=O)O)CC[C@@]54C)C2CC[C@H]13. The molecule has 4 saturated carbocycles. The van der Waals surface area contributed by atoms with Crippen LogP contribution >= 0.6 is 0 Å². The van der Waals surface area contributed by atoms with Crippen molar-refractivity contribution in [3.8, 4) is 0 Å². The zero-order valence-corrected chi connectivity index (χ0v) is 17.4. The van der Waals surface area contributed by atoms with Gasteiger partial charge in [-0.25, -0.2) is 4.18 Å². The summed E-state index contributed by atoms with van der Waals surface area (Å²) in [5, 5.41) is 0. The Morgan fingerprint density at radius 3 is 2.56 bits per heavy atom. The number of fused-ring (bicyclic) bond motifs is 4. The summed E-state index contributed by atoms with van der Waals surface area (Å²) >= 11 is 0. The van der Waals surface area contributed by atoms with Crippen LogP contribution in [0.15, 0.2) is 0 Å². The van der Waals surface area contributed by atoms with Crippen LogP contribution in [0.2, 0.25) is 0 Å². The molecule has 1 saturated heterocycles. The summed E-state index contributed by atoms with van der Waals surface area (Å²) in [5.74, 6) is 3.69. The van der Waals surface area contributed by atoms with Crippen molar-refractivity contribution in [3.63, 3.8) is 0 Å². The highest BCUT2D eigenvalue weighted by Gasteiger charge is 2.64. The molecule has 0 aromatic carbocycles. The molecule has 5 fully saturated rings. The van der Waals surface area contributed by atoms with Gasteiger partial charge in [0.05, 0.1) is 18.8 Å². The molecule has 1 spiro atoms. The van der Waals surface area contributed by atoms with Crippen LogP contribution in [0, 0.1) is 40.4 Å². The summed E-state index contributed by atoms with van der Waals surface area (Å²) in [6.45, 7) is 5.73. The molecule has 0 radical (unpaired) electrons. The third-order valence-electron chi connectivity index (χ3n) is 9.84. The molecule has 0 aromatic rings. The van der Waals surface area contributed by atoms with Crippen LogP contribution in [0.5, 0.6) is 0 Å². The molecule has 5 rings (SSSR count). The monoisotopic (exact) mass is 398 g/mol. The summed E-state index contributed by atoms with van der Waals surface area (Å²) in [7, 11) is -4.35. The predicted molar refractivity (Wildman–Crippen MR) is 101 cm³/mol. The highest BCUT2D eigenvalue weighted by molar-refractivity contribution is 7.80. The van der Waals surface area contributed by atoms with E-state index in [1.807, 2.05) is 0 Å². The quantitative estimate of drug-likeness (QED) is 0.705. The molecule has 1 N–H and O–H groups in total. The first kappa shape index (κ1) is 18.8. The molecule has 6 heteroatoms. The highest BCUT2D eigenvalue weighted by atomic mass is 32.3. The second-order valence-electron chi connectivity index (χ2n) is 10.5. The topological polar surface area (TPSA) is 72.8 Å². The average Bonchev–Trinajstić information content (AvgIpc) is 3.11. The lowest BCUT2D eigenvalue weighted by Crippen LogP contribution is -2.54. The van der Waals surface area contributed by atoms with Gasteiger partial charge in [-0.2, -0.15) is 8.42 Å². The van der Waals surface area contributed by atoms with E-state index in [-0.39, 0.29) is 6.10 Å². The van der Waals surface area contributed by atoms with E-state index in [9.17, 15) is 8.42 Å². The Labute approximate surface area is 163 Å². The maximum absolute atomic E-state index is 11.1. The second kappa shape index (κ2) is 6.16. The molecule has 4 aliphatic carbocycles. The lowest BCUT2D eigenvalue weighted by molar-refractivity contribution is -0.125. The molecule has 154 valence electrons. The average molecular weight is 399 g/mol. The van der Waals surface area contributed by atoms with E-state index in [4.69, 9.17) is 13.5 Å². The van der Waals surface area contributed by atoms with E-state index in [1.54, 1.807) is 0 Å². The number of hydrogen-bond acceptors (Lipinski definition) is 4. The smallest absolute Gasteiger partial charge is 0.378 e. The zero-order valence-electron chi connectivity index (χ0n) is 16.6. The van der Waals surface area contributed by atoms with Crippen molar-refractivity contribution in [2.75, 3.05) is 6.61 Å². The van der Waals surface area contributed by atoms with E-state index in [2.05, 4.69) is 13.8 Å². The second-order valence-corrected chi connectivity index (χ2v) is 11.6. The molecular weight excluding hydrogens is 364 g/mol. The van der Waals surface area contributed by atoms with Crippen molar-refractivity contribution in [1.82, 2.24) is 0 Å². The normalized spacial score (nSPS) is 54.7. The largest absolute Gasteiger partial charge is 0.397 e. The molecule has 27 heavy (non-hydrogen) atoms. The Morgan fingerprint density at radius 1 is 1.00 bits per heavy atom. The Balaban J connectivity index is 1.36. The molecular formula is C21H34O5S. The van der Waals surface area contributed by atoms with E-state index >= 15 is 0 Å². The molecule has 1 aliphatic heterocycles. The summed E-state index contributed by atoms with van der Waals surface area (Å²) < 4.78 is 42.5. The van der Waals surface area contributed by atoms with Crippen molar-refractivity contribution < 1.29 is 21.9 Å². The number of hydrogen-bond donors (Lipinski definition) is 1. The van der Waals surface area contributed by atoms with Gasteiger partial charge in [0.15, 0.2) is 0 Å². The van der Waals surface area contributed by atoms with E-state index in [0.29, 0.717) is 22.9 Å². The van der Waals surface area contributed by atoms with Gasteiger partial charge in [0.2, 0.25) is 0 Å². The van der Waals surface area contributed by atoms with Crippen LogP contribution in [0.3, 0.4) is 0 Å². The number of rotatable bonds is 2. The van der Waals surface area contributed by atoms with Crippen molar-refractivity contribution in [2.24, 2.45) is 40.4 Å². The van der Waals surface area contributed by atoms with Gasteiger partial charge in [-0.05, 0) is 99.7 Å². The standard InChI is InChI=1S/C21H34O5S/c1-13-17-5-6-19-16-4-3-14-11-15(26-27(22,23)24)7-9-20(14,2)18(16)8-10-21(17,19)12-25-13/h13-19H,3-12H2,1-2H3,(H,22,23,24)/t13-,14+,15+,16+,17+,18-,19?,20-,21-/m0/s1. The van der Waals surface area contributed by atoms with Gasteiger partial charge in [0.1, 0.15) is 0 Å². The molecule has 1 heterocycles. The van der Waals surface area contributed by atoms with Crippen molar-refractivity contribution in [1.29, 1.82) is 0 Å². The van der Waals surface area contributed by atoms with E-state index < -0.39 is 10.4 Å². The molecule has 9 atom stereocenters. The van der Waals surface area contributed by atoms with Crippen LogP contribution in [-0.2, 0) is 19.3 Å². The molecule has 0 aromatic heterocycles. The Kier molecular flexibility index (Phi) is 4.30. The lowest BCUT2D eigenvalue weighted by Gasteiger charge is -2.60. The maximum Gasteiger partial charge on any atom is 0.397 e. The first-order valence-corrected chi connectivity index (χ1v) is 12.4. The van der Waals surface area contributed by atoms with Gasteiger partial charge < -0.3 is 4.74 Å². The lowest BCUT2D eigenvalue weighted by atomic mass is 9.44. The van der Waals surface area contributed by atoms with Crippen LogP contribution in [0.4, 0.5) is 0 Å². The van der Waals surface area contributed by atoms with Crippen LogP contribution < -0.4 is 0 Å². The van der Waals surface area contributed by atoms with E-state index in [1.165, 1.54) is 38.5 Å². The van der Waals surface area contributed by atoms with Crippen molar-refractivity contribution >= 4 is 10.4 Å². The predicted octanol–water partition coefficient (Wildman–Crippen LogP) is 4.23. The minimum Gasteiger partial charge on any atom is -0.378 e. The van der Waals surface area contributed by atoms with Gasteiger partial charge in [-0.1, -0.05) is 6.92 Å². The van der Waals surface area contributed by atoms with Crippen LogP contribution in [0.25, 0.3) is 0 Å². The first-order valence-electron chi connectivity index (χ1n) is 11.0. The minimum absolute atomic E-state index is 0.298. The maximum atomic E-state index is 11.1. The molecule has 5 aliphatic rings. The van der Waals surface area contributed by atoms with Gasteiger partial charge in [0, 0.05) is 5.41 Å². The summed E-state index contributed by atoms with van der Waals surface area (Å²) in [6, 6.07) is 0. The molecule has 1 unspecified atom stereocenters. The van der Waals surface area contributed by atoms with Crippen molar-refractivity contribution in [3.05, 3.63) is 0 Å². The number of ether oxygens (including phenoxy) is 1. The fraction of sp³-hybridized carbons (Fsp3) is 1.00. The highest BCUT2D eigenvalue weighted by Crippen LogP contribution is 2.69. The van der Waals surface area contributed by atoms with Crippen molar-refractivity contribution in [2.45, 2.75) is 83.8 Å². The Bertz CT molecular complexity index is 707. The molecule has 0 amide bonds. The summed E-state index contributed by atoms with van der Waals surface area (Å²) in [4.78, 5) is 0. The Morgan fingerprint density at radius 2 is 1.78 bits per heavy atom. The Hall–Kier alpha value is -0.170. The zero-order chi connectivity index (χ0) is 19.0. The fourth-order valence-electron chi connectivity index (χ4n) is 8.72. The third kappa shape index (κ3) is 2.77. The first-order chi connectivity index (χ1) is 12.7. The summed E-state index contributed by atoms with van der Waals surface area (Å²) in [6.07, 6.45) is 10.5. The van der Waals surface area contributed by atoms with Gasteiger partial charge in [-0.15, -0.1) is 0 Å². The summed E-state index contributed by atoms with van der Waals surface area (Å²) in [5.41, 5.74) is 0.752. The fourth-order valence-corrected chi connectivity index (χ4v) is 9.24. The third-order valence-corrected chi connectivity index (χ3v) is 10.4. The van der Waals surface area contributed by atoms with E-state index in [0.717, 1.165) is 49.5 Å². The molecule has 0 bridgehead atoms. The molecule has 5 nitrogen and oxygen atoms in total. The minimum atomic E-state index is -4.35. The van der Waals surface area contributed by atoms with Crippen LogP contribution in [-0.4, -0.2) is 31.8 Å². The van der Waals surface area contributed by atoms with Crippen LogP contribution in [0.1, 0.15) is 71.6 Å².